The molecule has 1 amide bonds. The topological polar surface area (TPSA) is 110 Å². The van der Waals surface area contributed by atoms with Gasteiger partial charge in [0.1, 0.15) is 5.76 Å². The Kier molecular flexibility index (Phi) is 4.70. The maximum atomic E-state index is 12.9. The molecule has 2 aromatic heterocycles. The van der Waals surface area contributed by atoms with Crippen molar-refractivity contribution < 1.29 is 19.2 Å². The van der Waals surface area contributed by atoms with Gasteiger partial charge in [0.25, 0.3) is 5.91 Å². The molecule has 1 saturated heterocycles. The fraction of sp³-hybridized carbons (Fsp3) is 0.647. The van der Waals surface area contributed by atoms with Gasteiger partial charge in [-0.3, -0.25) is 9.69 Å². The van der Waals surface area contributed by atoms with E-state index in [9.17, 15) is 9.90 Å². The first-order chi connectivity index (χ1) is 13.0. The Labute approximate surface area is 156 Å². The maximum absolute atomic E-state index is 12.9. The molecule has 1 N–H and O–H groups in total. The second-order valence-electron chi connectivity index (χ2n) is 7.20. The second kappa shape index (κ2) is 7.02. The van der Waals surface area contributed by atoms with Crippen LogP contribution in [0.15, 0.2) is 4.52 Å². The number of nitrogens with zero attached hydrogens (tertiary/aromatic N) is 6. The van der Waals surface area contributed by atoms with Crippen molar-refractivity contribution in [2.75, 3.05) is 27.2 Å². The number of likely N-dealkylation sites (N-methyl/N-ethyl adjacent to an activating group) is 1. The van der Waals surface area contributed by atoms with Gasteiger partial charge in [-0.25, -0.2) is 0 Å². The van der Waals surface area contributed by atoms with Gasteiger partial charge in [-0.05, 0) is 20.4 Å². The molecule has 10 nitrogen and oxygen atoms in total. The fourth-order valence-electron chi connectivity index (χ4n) is 3.90. The van der Waals surface area contributed by atoms with Crippen LogP contribution in [0, 0.1) is 6.92 Å². The molecule has 146 valence electrons. The number of aliphatic hydroxyl groups is 1. The van der Waals surface area contributed by atoms with Crippen LogP contribution >= 0.6 is 0 Å². The highest BCUT2D eigenvalue weighted by atomic mass is 16.5. The van der Waals surface area contributed by atoms with Gasteiger partial charge in [0.15, 0.2) is 17.3 Å². The van der Waals surface area contributed by atoms with Crippen molar-refractivity contribution in [3.05, 3.63) is 28.7 Å². The molecule has 0 aromatic carbocycles. The van der Waals surface area contributed by atoms with Gasteiger partial charge in [-0.15, -0.1) is 10.2 Å². The monoisotopic (exact) mass is 376 g/mol. The van der Waals surface area contributed by atoms with Crippen molar-refractivity contribution in [3.8, 4) is 0 Å². The summed E-state index contributed by atoms with van der Waals surface area (Å²) in [5.74, 6) is 2.00. The standard InChI is InChI=1S/C17H24N6O4/c1-10-12(9-26-3)15(20-27-10)17(25)22-4-5-23-14(8-22)18-19-16(23)13-6-11(24)7-21(13)2/h11,13,24H,4-9H2,1-3H3/t11-,13+/m1/s1. The number of aryl methyl sites for hydroxylation is 1. The Bertz CT molecular complexity index is 847. The number of rotatable bonds is 4. The van der Waals surface area contributed by atoms with Gasteiger partial charge in [0.2, 0.25) is 0 Å². The van der Waals surface area contributed by atoms with E-state index in [0.717, 1.165) is 11.6 Å². The first-order valence-electron chi connectivity index (χ1n) is 9.03. The number of fused-ring (bicyclic) bond motifs is 1. The predicted molar refractivity (Wildman–Crippen MR) is 92.7 cm³/mol. The van der Waals surface area contributed by atoms with Crippen LogP contribution in [0.25, 0.3) is 0 Å². The van der Waals surface area contributed by atoms with E-state index in [1.54, 1.807) is 18.9 Å². The largest absolute Gasteiger partial charge is 0.392 e. The molecule has 0 aliphatic carbocycles. The van der Waals surface area contributed by atoms with Crippen molar-refractivity contribution in [2.24, 2.45) is 0 Å². The van der Waals surface area contributed by atoms with Crippen molar-refractivity contribution >= 4 is 5.91 Å². The number of hydrogen-bond acceptors (Lipinski definition) is 8. The number of likely N-dealkylation sites (tertiary alicyclic amines) is 1. The smallest absolute Gasteiger partial charge is 0.276 e. The maximum Gasteiger partial charge on any atom is 0.276 e. The van der Waals surface area contributed by atoms with Crippen LogP contribution < -0.4 is 0 Å². The van der Waals surface area contributed by atoms with E-state index in [2.05, 4.69) is 24.8 Å². The van der Waals surface area contributed by atoms with Gasteiger partial charge in [-0.1, -0.05) is 5.16 Å². The Morgan fingerprint density at radius 1 is 1.37 bits per heavy atom. The first kappa shape index (κ1) is 18.1. The minimum atomic E-state index is -0.343. The second-order valence-corrected chi connectivity index (χ2v) is 7.20. The average Bonchev–Trinajstić information content (AvgIpc) is 3.32. The normalized spacial score (nSPS) is 23.0. The molecular weight excluding hydrogens is 352 g/mol. The quantitative estimate of drug-likeness (QED) is 0.801. The Balaban J connectivity index is 1.54. The molecule has 0 bridgehead atoms. The SMILES string of the molecule is COCc1c(C(=O)N2CCn3c(nnc3[C@@H]3C[C@@H](O)CN3C)C2)noc1C. The van der Waals surface area contributed by atoms with Crippen LogP contribution in [-0.2, 0) is 24.4 Å². The number of carbonyl (C=O) groups is 1. The highest BCUT2D eigenvalue weighted by Crippen LogP contribution is 2.31. The van der Waals surface area contributed by atoms with Gasteiger partial charge < -0.3 is 23.8 Å². The van der Waals surface area contributed by atoms with Gasteiger partial charge in [0, 0.05) is 26.7 Å². The number of aromatic nitrogens is 4. The lowest BCUT2D eigenvalue weighted by Gasteiger charge is -2.28. The van der Waals surface area contributed by atoms with Crippen molar-refractivity contribution in [3.63, 3.8) is 0 Å². The molecule has 0 radical (unpaired) electrons. The summed E-state index contributed by atoms with van der Waals surface area (Å²) in [5, 5.41) is 22.5. The van der Waals surface area contributed by atoms with E-state index in [0.29, 0.717) is 49.6 Å². The lowest BCUT2D eigenvalue weighted by atomic mass is 10.1. The molecular formula is C17H24N6O4. The highest BCUT2D eigenvalue weighted by molar-refractivity contribution is 5.93. The lowest BCUT2D eigenvalue weighted by molar-refractivity contribution is 0.0690. The molecule has 4 heterocycles. The van der Waals surface area contributed by atoms with Gasteiger partial charge in [-0.2, -0.15) is 0 Å². The molecule has 0 spiro atoms. The fourth-order valence-corrected chi connectivity index (χ4v) is 3.90. The number of amides is 1. The summed E-state index contributed by atoms with van der Waals surface area (Å²) in [6.45, 7) is 4.19. The Hall–Kier alpha value is -2.30. The average molecular weight is 376 g/mol. The minimum Gasteiger partial charge on any atom is -0.392 e. The summed E-state index contributed by atoms with van der Waals surface area (Å²) in [7, 11) is 3.55. The highest BCUT2D eigenvalue weighted by Gasteiger charge is 2.36. The van der Waals surface area contributed by atoms with Crippen LogP contribution in [0.1, 0.15) is 45.9 Å². The summed E-state index contributed by atoms with van der Waals surface area (Å²) in [6, 6.07) is 0.0509. The molecule has 0 unspecified atom stereocenters. The summed E-state index contributed by atoms with van der Waals surface area (Å²) in [5.41, 5.74) is 0.970. The number of aliphatic hydroxyl groups excluding tert-OH is 1. The van der Waals surface area contributed by atoms with Crippen molar-refractivity contribution in [1.82, 2.24) is 29.7 Å². The molecule has 4 rings (SSSR count). The molecule has 0 saturated carbocycles. The third-order valence-corrected chi connectivity index (χ3v) is 5.37. The lowest BCUT2D eigenvalue weighted by Crippen LogP contribution is -2.39. The number of hydrogen-bond donors (Lipinski definition) is 1. The molecule has 2 atom stereocenters. The number of β-amino-alcohol motifs (C(OH)–C–C–N with tert-alkyl or cyclic N) is 1. The molecule has 2 aliphatic heterocycles. The summed E-state index contributed by atoms with van der Waals surface area (Å²) >= 11 is 0. The van der Waals surface area contributed by atoms with Crippen molar-refractivity contribution in [1.29, 1.82) is 0 Å². The van der Waals surface area contributed by atoms with Crippen LogP contribution in [0.5, 0.6) is 0 Å². The van der Waals surface area contributed by atoms with E-state index >= 15 is 0 Å². The van der Waals surface area contributed by atoms with Gasteiger partial charge in [0.05, 0.1) is 30.9 Å². The van der Waals surface area contributed by atoms with Crippen LogP contribution in [0.2, 0.25) is 0 Å². The van der Waals surface area contributed by atoms with E-state index in [4.69, 9.17) is 9.26 Å². The molecule has 2 aliphatic rings. The van der Waals surface area contributed by atoms with Crippen LogP contribution in [0.4, 0.5) is 0 Å². The summed E-state index contributed by atoms with van der Waals surface area (Å²) < 4.78 is 12.4. The third-order valence-electron chi connectivity index (χ3n) is 5.37. The minimum absolute atomic E-state index is 0.0509. The predicted octanol–water partition coefficient (Wildman–Crippen LogP) is 0.114. The van der Waals surface area contributed by atoms with Crippen LogP contribution in [0.3, 0.4) is 0 Å². The molecule has 10 heteroatoms. The zero-order valence-electron chi connectivity index (χ0n) is 15.8. The number of ether oxygens (including phenoxy) is 1. The molecule has 1 fully saturated rings. The van der Waals surface area contributed by atoms with Gasteiger partial charge >= 0.3 is 0 Å². The first-order valence-corrected chi connectivity index (χ1v) is 9.03. The zero-order chi connectivity index (χ0) is 19.1. The van der Waals surface area contributed by atoms with Crippen LogP contribution in [-0.4, -0.2) is 74.1 Å². The third kappa shape index (κ3) is 3.13. The molecule has 2 aromatic rings. The van der Waals surface area contributed by atoms with E-state index in [-0.39, 0.29) is 24.7 Å². The van der Waals surface area contributed by atoms with E-state index in [1.165, 1.54) is 0 Å². The Morgan fingerprint density at radius 3 is 2.89 bits per heavy atom. The van der Waals surface area contributed by atoms with E-state index < -0.39 is 0 Å². The molecule has 27 heavy (non-hydrogen) atoms. The summed E-state index contributed by atoms with van der Waals surface area (Å²) in [6.07, 6.45) is 0.305. The Morgan fingerprint density at radius 2 is 2.19 bits per heavy atom. The summed E-state index contributed by atoms with van der Waals surface area (Å²) in [4.78, 5) is 16.7. The van der Waals surface area contributed by atoms with E-state index in [1.807, 2.05) is 7.05 Å². The zero-order valence-corrected chi connectivity index (χ0v) is 15.8. The number of methoxy groups -OCH3 is 1. The number of carbonyl (C=O) groups excluding carboxylic acids is 1. The van der Waals surface area contributed by atoms with Crippen molar-refractivity contribution in [2.45, 2.75) is 45.2 Å².